The van der Waals surface area contributed by atoms with E-state index in [4.69, 9.17) is 9.47 Å². The summed E-state index contributed by atoms with van der Waals surface area (Å²) >= 11 is 0. The smallest absolute Gasteiger partial charge is 0.410 e. The van der Waals surface area contributed by atoms with Gasteiger partial charge in [-0.15, -0.1) is 0 Å². The molecule has 1 aliphatic carbocycles. The number of benzene rings is 2. The van der Waals surface area contributed by atoms with Crippen molar-refractivity contribution in [1.82, 2.24) is 15.1 Å². The van der Waals surface area contributed by atoms with Gasteiger partial charge in [-0.2, -0.15) is 0 Å². The summed E-state index contributed by atoms with van der Waals surface area (Å²) in [5, 5.41) is 12.4. The number of likely N-dealkylation sites (N-methyl/N-ethyl adjacent to an activating group) is 2. The van der Waals surface area contributed by atoms with Gasteiger partial charge in [0, 0.05) is 27.1 Å². The van der Waals surface area contributed by atoms with Crippen molar-refractivity contribution in [3.8, 4) is 11.1 Å². The average Bonchev–Trinajstić information content (AvgIpc) is 3.34. The van der Waals surface area contributed by atoms with Crippen LogP contribution < -0.4 is 5.32 Å². The Balaban J connectivity index is 1.78. The van der Waals surface area contributed by atoms with E-state index in [9.17, 15) is 24.3 Å². The third-order valence-electron chi connectivity index (χ3n) is 9.24. The van der Waals surface area contributed by atoms with Crippen LogP contribution in [0, 0.1) is 17.8 Å². The number of fused-ring (bicyclic) bond motifs is 3. The summed E-state index contributed by atoms with van der Waals surface area (Å²) in [5.41, 5.74) is 4.43. The van der Waals surface area contributed by atoms with Crippen LogP contribution in [-0.2, 0) is 23.9 Å². The highest BCUT2D eigenvalue weighted by atomic mass is 16.6. The molecule has 0 saturated carbocycles. The third-order valence-corrected chi connectivity index (χ3v) is 9.24. The van der Waals surface area contributed by atoms with E-state index < -0.39 is 48.1 Å². The molecule has 2 aromatic rings. The molecule has 2 N–H and O–H groups in total. The van der Waals surface area contributed by atoms with Crippen molar-refractivity contribution in [1.29, 1.82) is 0 Å². The summed E-state index contributed by atoms with van der Waals surface area (Å²) in [6, 6.07) is 13.8. The number of nitrogens with one attached hydrogen (secondary N) is 1. The molecule has 0 aliphatic heterocycles. The van der Waals surface area contributed by atoms with E-state index in [2.05, 4.69) is 17.4 Å². The standard InChI is InChI=1S/C36H51N3O7/c1-10-23(6)31(29(45-9)19-30(40)41)37-34(42)32(21(2)3)38(7)35(43)33(22(4)5)39(8)36(44)46-20-28-26-17-13-11-15-24(26)25-16-12-14-18-27(25)28/h11-18,21-23,28-29,31-33H,10,19-20H2,1-9H3,(H,37,42)(H,40,41)/t23-,29+,31-,32-,33-/m0/s1. The van der Waals surface area contributed by atoms with Gasteiger partial charge in [-0.3, -0.25) is 19.3 Å². The highest BCUT2D eigenvalue weighted by molar-refractivity contribution is 5.91. The molecular weight excluding hydrogens is 586 g/mol. The fourth-order valence-electron chi connectivity index (χ4n) is 6.61. The Labute approximate surface area is 273 Å². The van der Waals surface area contributed by atoms with Crippen molar-refractivity contribution in [2.75, 3.05) is 27.8 Å². The predicted octanol–water partition coefficient (Wildman–Crippen LogP) is 5.40. The van der Waals surface area contributed by atoms with Crippen molar-refractivity contribution in [2.24, 2.45) is 17.8 Å². The van der Waals surface area contributed by atoms with E-state index in [1.165, 1.54) is 16.9 Å². The molecule has 10 heteroatoms. The van der Waals surface area contributed by atoms with Crippen molar-refractivity contribution < 1.29 is 33.8 Å². The summed E-state index contributed by atoms with van der Waals surface area (Å²) in [6.07, 6.45) is -0.950. The van der Waals surface area contributed by atoms with Gasteiger partial charge in [-0.05, 0) is 40.0 Å². The van der Waals surface area contributed by atoms with Gasteiger partial charge in [0.25, 0.3) is 0 Å². The van der Waals surface area contributed by atoms with Crippen LogP contribution in [0.2, 0.25) is 0 Å². The first-order valence-corrected chi connectivity index (χ1v) is 16.1. The zero-order valence-corrected chi connectivity index (χ0v) is 28.7. The van der Waals surface area contributed by atoms with Crippen molar-refractivity contribution in [3.05, 3.63) is 59.7 Å². The Hall–Kier alpha value is -3.92. The Morgan fingerprint density at radius 1 is 0.848 bits per heavy atom. The number of rotatable bonds is 15. The molecule has 2 aromatic carbocycles. The quantitative estimate of drug-likeness (QED) is 0.268. The average molecular weight is 638 g/mol. The second kappa shape index (κ2) is 16.1. The zero-order valence-electron chi connectivity index (χ0n) is 28.7. The zero-order chi connectivity index (χ0) is 34.3. The number of aliphatic carboxylic acids is 1. The van der Waals surface area contributed by atoms with E-state index in [-0.39, 0.29) is 36.7 Å². The molecule has 0 saturated heterocycles. The molecule has 0 fully saturated rings. The fourth-order valence-corrected chi connectivity index (χ4v) is 6.61. The highest BCUT2D eigenvalue weighted by Gasteiger charge is 2.40. The normalized spacial score (nSPS) is 15.7. The molecule has 5 atom stereocenters. The van der Waals surface area contributed by atoms with Crippen LogP contribution in [0.3, 0.4) is 0 Å². The van der Waals surface area contributed by atoms with Crippen LogP contribution in [0.1, 0.15) is 71.4 Å². The van der Waals surface area contributed by atoms with E-state index in [0.717, 1.165) is 22.3 Å². The number of hydrogen-bond donors (Lipinski definition) is 2. The van der Waals surface area contributed by atoms with Crippen LogP contribution in [0.25, 0.3) is 11.1 Å². The minimum atomic E-state index is -1.03. The topological polar surface area (TPSA) is 125 Å². The van der Waals surface area contributed by atoms with Gasteiger partial charge in [0.05, 0.1) is 18.6 Å². The fraction of sp³-hybridized carbons (Fsp3) is 0.556. The summed E-state index contributed by atoms with van der Waals surface area (Å²) in [4.78, 5) is 55.6. The van der Waals surface area contributed by atoms with Gasteiger partial charge in [-0.1, -0.05) is 96.5 Å². The minimum Gasteiger partial charge on any atom is -0.481 e. The first kappa shape index (κ1) is 36.5. The molecule has 3 rings (SSSR count). The van der Waals surface area contributed by atoms with E-state index >= 15 is 0 Å². The summed E-state index contributed by atoms with van der Waals surface area (Å²) < 4.78 is 11.3. The van der Waals surface area contributed by atoms with Crippen molar-refractivity contribution >= 4 is 23.9 Å². The first-order valence-electron chi connectivity index (χ1n) is 16.1. The number of methoxy groups -OCH3 is 1. The highest BCUT2D eigenvalue weighted by Crippen LogP contribution is 2.44. The molecule has 1 aliphatic rings. The molecule has 10 nitrogen and oxygen atoms in total. The Morgan fingerprint density at radius 2 is 1.37 bits per heavy atom. The van der Waals surface area contributed by atoms with Gasteiger partial charge in [-0.25, -0.2) is 4.79 Å². The minimum absolute atomic E-state index is 0.0785. The van der Waals surface area contributed by atoms with Crippen LogP contribution in [0.4, 0.5) is 4.79 Å². The van der Waals surface area contributed by atoms with Gasteiger partial charge >= 0.3 is 12.1 Å². The van der Waals surface area contributed by atoms with E-state index in [1.54, 1.807) is 14.1 Å². The van der Waals surface area contributed by atoms with Gasteiger partial charge < -0.3 is 24.8 Å². The van der Waals surface area contributed by atoms with Gasteiger partial charge in [0.15, 0.2) is 0 Å². The lowest BCUT2D eigenvalue weighted by Crippen LogP contribution is -2.60. The summed E-state index contributed by atoms with van der Waals surface area (Å²) in [5.74, 6) is -2.59. The number of carboxylic acids is 1. The maximum absolute atomic E-state index is 14.1. The maximum Gasteiger partial charge on any atom is 0.410 e. The molecule has 0 spiro atoms. The van der Waals surface area contributed by atoms with E-state index in [1.807, 2.05) is 77.9 Å². The number of carbonyl (C=O) groups is 4. The second-order valence-corrected chi connectivity index (χ2v) is 13.0. The number of carboxylic acid groups (broad SMARTS) is 1. The lowest BCUT2D eigenvalue weighted by atomic mass is 9.91. The van der Waals surface area contributed by atoms with Gasteiger partial charge in [0.1, 0.15) is 18.7 Å². The summed E-state index contributed by atoms with van der Waals surface area (Å²) in [7, 11) is 4.54. The largest absolute Gasteiger partial charge is 0.481 e. The monoisotopic (exact) mass is 637 g/mol. The van der Waals surface area contributed by atoms with Gasteiger partial charge in [0.2, 0.25) is 11.8 Å². The Bertz CT molecular complexity index is 1330. The van der Waals surface area contributed by atoms with Crippen LogP contribution in [0.5, 0.6) is 0 Å². The maximum atomic E-state index is 14.1. The number of ether oxygens (including phenoxy) is 2. The number of nitrogens with zero attached hydrogens (tertiary/aromatic N) is 2. The Kier molecular flexibility index (Phi) is 12.8. The molecule has 0 heterocycles. The van der Waals surface area contributed by atoms with Crippen LogP contribution >= 0.6 is 0 Å². The molecule has 252 valence electrons. The SMILES string of the molecule is CC[C@H](C)[C@H](NC(=O)[C@H](C(C)C)N(C)C(=O)[C@H](C(C)C)N(C)C(=O)OCC1c2ccccc2-c2ccccc21)[C@@H](CC(=O)O)OC. The lowest BCUT2D eigenvalue weighted by Gasteiger charge is -2.38. The molecular formula is C36H51N3O7. The third kappa shape index (κ3) is 8.07. The molecule has 3 amide bonds. The first-order chi connectivity index (χ1) is 21.7. The number of carbonyl (C=O) groups excluding carboxylic acids is 3. The molecule has 46 heavy (non-hydrogen) atoms. The number of amides is 3. The molecule has 0 unspecified atom stereocenters. The summed E-state index contributed by atoms with van der Waals surface area (Å²) in [6.45, 7) is 11.4. The molecule has 0 aromatic heterocycles. The number of hydrogen-bond acceptors (Lipinski definition) is 6. The van der Waals surface area contributed by atoms with Crippen LogP contribution in [-0.4, -0.2) is 90.8 Å². The molecule has 0 bridgehead atoms. The lowest BCUT2D eigenvalue weighted by molar-refractivity contribution is -0.146. The van der Waals surface area contributed by atoms with Crippen molar-refractivity contribution in [3.63, 3.8) is 0 Å². The second-order valence-electron chi connectivity index (χ2n) is 13.0. The predicted molar refractivity (Wildman–Crippen MR) is 177 cm³/mol. The van der Waals surface area contributed by atoms with Crippen molar-refractivity contribution in [2.45, 2.75) is 84.5 Å². The van der Waals surface area contributed by atoms with E-state index in [0.29, 0.717) is 6.42 Å². The molecule has 0 radical (unpaired) electrons. The Morgan fingerprint density at radius 3 is 1.83 bits per heavy atom. The van der Waals surface area contributed by atoms with Crippen LogP contribution in [0.15, 0.2) is 48.5 Å².